The number of carbonyl (C=O) groups is 2. The molecule has 1 unspecified atom stereocenters. The number of carboxylic acid groups (broad SMARTS) is 1. The first-order chi connectivity index (χ1) is 10.1. The van der Waals surface area contributed by atoms with E-state index in [1.165, 1.54) is 6.20 Å². The first-order valence-corrected chi connectivity index (χ1v) is 6.60. The van der Waals surface area contributed by atoms with Crippen molar-refractivity contribution in [3.05, 3.63) is 42.6 Å². The summed E-state index contributed by atoms with van der Waals surface area (Å²) in [6.07, 6.45) is 7.45. The van der Waals surface area contributed by atoms with Crippen LogP contribution in [0.5, 0.6) is 0 Å². The molecular formula is C14H16N4O3. The van der Waals surface area contributed by atoms with Gasteiger partial charge in [0.1, 0.15) is 18.2 Å². The second-order valence-corrected chi connectivity index (χ2v) is 4.53. The minimum atomic E-state index is -1.03. The molecule has 0 aliphatic carbocycles. The predicted octanol–water partition coefficient (Wildman–Crippen LogP) is 1.25. The van der Waals surface area contributed by atoms with Crippen LogP contribution < -0.4 is 5.32 Å². The van der Waals surface area contributed by atoms with Gasteiger partial charge in [0.15, 0.2) is 0 Å². The fraction of sp³-hybridized carbons (Fsp3) is 0.286. The van der Waals surface area contributed by atoms with Crippen LogP contribution >= 0.6 is 0 Å². The molecule has 2 aromatic heterocycles. The first kappa shape index (κ1) is 14.7. The van der Waals surface area contributed by atoms with Crippen molar-refractivity contribution in [2.24, 2.45) is 0 Å². The second-order valence-electron chi connectivity index (χ2n) is 4.53. The van der Waals surface area contributed by atoms with Crippen molar-refractivity contribution in [2.45, 2.75) is 25.8 Å². The number of aromatic nitrogens is 3. The Hall–Kier alpha value is -2.70. The van der Waals surface area contributed by atoms with Gasteiger partial charge in [-0.25, -0.2) is 14.8 Å². The van der Waals surface area contributed by atoms with Crippen LogP contribution in [-0.4, -0.2) is 37.6 Å². The molecule has 0 spiro atoms. The fourth-order valence-electron chi connectivity index (χ4n) is 1.88. The van der Waals surface area contributed by atoms with Gasteiger partial charge in [0.2, 0.25) is 0 Å². The minimum absolute atomic E-state index is 0.357. The van der Waals surface area contributed by atoms with E-state index >= 15 is 0 Å². The molecule has 7 nitrogen and oxygen atoms in total. The summed E-state index contributed by atoms with van der Waals surface area (Å²) in [4.78, 5) is 31.3. The number of amides is 1. The summed E-state index contributed by atoms with van der Waals surface area (Å²) in [5.74, 6) is -0.920. The smallest absolute Gasteiger partial charge is 0.326 e. The lowest BCUT2D eigenvalue weighted by Crippen LogP contribution is -2.40. The molecule has 7 heteroatoms. The number of aliphatic carboxylic acids is 1. The highest BCUT2D eigenvalue weighted by molar-refractivity contribution is 5.96. The van der Waals surface area contributed by atoms with E-state index in [0.717, 1.165) is 0 Å². The first-order valence-electron chi connectivity index (χ1n) is 6.60. The average molecular weight is 288 g/mol. The van der Waals surface area contributed by atoms with Crippen molar-refractivity contribution in [3.8, 4) is 5.82 Å². The van der Waals surface area contributed by atoms with Crippen molar-refractivity contribution in [1.82, 2.24) is 19.9 Å². The lowest BCUT2D eigenvalue weighted by Gasteiger charge is -2.13. The van der Waals surface area contributed by atoms with E-state index in [1.54, 1.807) is 35.4 Å². The molecule has 110 valence electrons. The Morgan fingerprint density at radius 2 is 2.24 bits per heavy atom. The summed E-state index contributed by atoms with van der Waals surface area (Å²) in [5.41, 5.74) is 0.357. The fourth-order valence-corrected chi connectivity index (χ4v) is 1.88. The maximum Gasteiger partial charge on any atom is 0.326 e. The van der Waals surface area contributed by atoms with Crippen LogP contribution in [0.15, 0.2) is 37.1 Å². The van der Waals surface area contributed by atoms with Gasteiger partial charge in [-0.2, -0.15) is 0 Å². The van der Waals surface area contributed by atoms with E-state index in [-0.39, 0.29) is 0 Å². The van der Waals surface area contributed by atoms with Gasteiger partial charge < -0.3 is 10.4 Å². The highest BCUT2D eigenvalue weighted by Crippen LogP contribution is 2.08. The Kier molecular flexibility index (Phi) is 4.65. The Bertz CT molecular complexity index is 625. The Morgan fingerprint density at radius 3 is 2.86 bits per heavy atom. The summed E-state index contributed by atoms with van der Waals surface area (Å²) in [7, 11) is 0. The summed E-state index contributed by atoms with van der Waals surface area (Å²) in [6, 6.07) is 2.25. The number of nitrogens with zero attached hydrogens (tertiary/aromatic N) is 3. The molecule has 21 heavy (non-hydrogen) atoms. The van der Waals surface area contributed by atoms with Gasteiger partial charge >= 0.3 is 5.97 Å². The van der Waals surface area contributed by atoms with E-state index in [9.17, 15) is 9.59 Å². The quantitative estimate of drug-likeness (QED) is 0.833. The summed E-state index contributed by atoms with van der Waals surface area (Å²) >= 11 is 0. The molecule has 0 saturated carbocycles. The monoisotopic (exact) mass is 288 g/mol. The molecule has 2 heterocycles. The number of carboxylic acids is 1. The highest BCUT2D eigenvalue weighted by atomic mass is 16.4. The molecule has 0 aliphatic heterocycles. The van der Waals surface area contributed by atoms with Crippen LogP contribution in [0.1, 0.15) is 30.1 Å². The molecule has 1 atom stereocenters. The van der Waals surface area contributed by atoms with Crippen molar-refractivity contribution < 1.29 is 14.7 Å². The maximum absolute atomic E-state index is 12.1. The van der Waals surface area contributed by atoms with Crippen LogP contribution in [0, 0.1) is 0 Å². The zero-order valence-corrected chi connectivity index (χ0v) is 11.6. The Morgan fingerprint density at radius 1 is 1.43 bits per heavy atom. The molecule has 0 radical (unpaired) electrons. The van der Waals surface area contributed by atoms with Crippen LogP contribution in [0.4, 0.5) is 0 Å². The number of carbonyl (C=O) groups excluding carboxylic acids is 1. The Labute approximate surface area is 121 Å². The van der Waals surface area contributed by atoms with Crippen LogP contribution in [0.25, 0.3) is 5.82 Å². The van der Waals surface area contributed by atoms with E-state index in [2.05, 4.69) is 15.3 Å². The van der Waals surface area contributed by atoms with Gasteiger partial charge in [0.05, 0.1) is 0 Å². The standard InChI is InChI=1S/C14H16N4O3/c1-2-3-11(14(20)21)17-13(19)10-4-5-16-12(8-10)18-7-6-15-9-18/h4-9,11H,2-3H2,1H3,(H,17,19)(H,20,21). The normalized spacial score (nSPS) is 11.9. The molecule has 0 fully saturated rings. The maximum atomic E-state index is 12.1. The molecule has 0 saturated heterocycles. The number of pyridine rings is 1. The minimum Gasteiger partial charge on any atom is -0.480 e. The average Bonchev–Trinajstić information content (AvgIpc) is 3.01. The van der Waals surface area contributed by atoms with Crippen molar-refractivity contribution in [3.63, 3.8) is 0 Å². The number of nitrogens with one attached hydrogen (secondary N) is 1. The third-order valence-corrected chi connectivity index (χ3v) is 2.96. The molecule has 0 aliphatic rings. The molecule has 0 bridgehead atoms. The number of hydrogen-bond donors (Lipinski definition) is 2. The zero-order chi connectivity index (χ0) is 15.2. The van der Waals surface area contributed by atoms with E-state index in [0.29, 0.717) is 24.2 Å². The lowest BCUT2D eigenvalue weighted by atomic mass is 10.1. The van der Waals surface area contributed by atoms with Crippen molar-refractivity contribution >= 4 is 11.9 Å². The van der Waals surface area contributed by atoms with E-state index < -0.39 is 17.9 Å². The van der Waals surface area contributed by atoms with Gasteiger partial charge in [0, 0.05) is 24.2 Å². The van der Waals surface area contributed by atoms with Gasteiger partial charge in [0.25, 0.3) is 5.91 Å². The largest absolute Gasteiger partial charge is 0.480 e. The van der Waals surface area contributed by atoms with Gasteiger partial charge in [-0.15, -0.1) is 0 Å². The van der Waals surface area contributed by atoms with E-state index in [1.807, 2.05) is 6.92 Å². The SMILES string of the molecule is CCCC(NC(=O)c1ccnc(-n2ccnc2)c1)C(=O)O. The van der Waals surface area contributed by atoms with Crippen LogP contribution in [-0.2, 0) is 4.79 Å². The molecule has 2 N–H and O–H groups in total. The van der Waals surface area contributed by atoms with Crippen molar-refractivity contribution in [1.29, 1.82) is 0 Å². The third-order valence-electron chi connectivity index (χ3n) is 2.96. The van der Waals surface area contributed by atoms with E-state index in [4.69, 9.17) is 5.11 Å². The van der Waals surface area contributed by atoms with Gasteiger partial charge in [-0.05, 0) is 18.6 Å². The van der Waals surface area contributed by atoms with Gasteiger partial charge in [-0.3, -0.25) is 9.36 Å². The lowest BCUT2D eigenvalue weighted by molar-refractivity contribution is -0.139. The number of hydrogen-bond acceptors (Lipinski definition) is 4. The molecule has 0 aromatic carbocycles. The van der Waals surface area contributed by atoms with Crippen molar-refractivity contribution in [2.75, 3.05) is 0 Å². The molecule has 2 rings (SSSR count). The Balaban J connectivity index is 2.16. The summed E-state index contributed by atoms with van der Waals surface area (Å²) in [6.45, 7) is 1.87. The number of imidazole rings is 1. The summed E-state index contributed by atoms with van der Waals surface area (Å²) in [5, 5.41) is 11.6. The highest BCUT2D eigenvalue weighted by Gasteiger charge is 2.19. The topological polar surface area (TPSA) is 97.1 Å². The third kappa shape index (κ3) is 3.65. The second kappa shape index (κ2) is 6.65. The predicted molar refractivity (Wildman–Crippen MR) is 75.2 cm³/mol. The molecular weight excluding hydrogens is 272 g/mol. The summed E-state index contributed by atoms with van der Waals surface area (Å²) < 4.78 is 1.66. The van der Waals surface area contributed by atoms with Crippen LogP contribution in [0.2, 0.25) is 0 Å². The molecule has 2 aromatic rings. The van der Waals surface area contributed by atoms with Crippen LogP contribution in [0.3, 0.4) is 0 Å². The molecule has 1 amide bonds. The zero-order valence-electron chi connectivity index (χ0n) is 11.6. The number of rotatable bonds is 6. The van der Waals surface area contributed by atoms with Gasteiger partial charge in [-0.1, -0.05) is 13.3 Å².